The van der Waals surface area contributed by atoms with Crippen molar-refractivity contribution in [2.75, 3.05) is 16.2 Å². The summed E-state index contributed by atoms with van der Waals surface area (Å²) < 4.78 is 28.2. The maximum atomic E-state index is 13.4. The molecule has 1 N–H and O–H groups in total. The highest BCUT2D eigenvalue weighted by molar-refractivity contribution is 7.93. The van der Waals surface area contributed by atoms with Gasteiger partial charge in [-0.25, -0.2) is 13.4 Å². The summed E-state index contributed by atoms with van der Waals surface area (Å²) in [6.07, 6.45) is 0.926. The van der Waals surface area contributed by atoms with Crippen molar-refractivity contribution in [3.63, 3.8) is 0 Å². The molecule has 2 heterocycles. The molecule has 1 aromatic heterocycles. The van der Waals surface area contributed by atoms with Crippen LogP contribution >= 0.6 is 11.3 Å². The molecule has 0 fully saturated rings. The summed E-state index contributed by atoms with van der Waals surface area (Å²) in [6.45, 7) is 6.22. The molecule has 4 aromatic rings. The van der Waals surface area contributed by atoms with E-state index in [0.717, 1.165) is 38.4 Å². The third kappa shape index (κ3) is 4.66. The Hall–Kier alpha value is -3.49. The van der Waals surface area contributed by atoms with E-state index in [-0.39, 0.29) is 12.3 Å². The Morgan fingerprint density at radius 3 is 2.53 bits per heavy atom. The van der Waals surface area contributed by atoms with Gasteiger partial charge in [0.25, 0.3) is 10.0 Å². The summed E-state index contributed by atoms with van der Waals surface area (Å²) in [6, 6.07) is 20.8. The molecule has 1 aliphatic heterocycles. The number of nitrogens with zero attached hydrogens (tertiary/aromatic N) is 2. The first kappa shape index (κ1) is 24.2. The minimum absolute atomic E-state index is 0.106. The number of fused-ring (bicyclic) bond motifs is 1. The Morgan fingerprint density at radius 1 is 1.03 bits per heavy atom. The number of nitrogens with one attached hydrogen (secondary N) is 1. The van der Waals surface area contributed by atoms with E-state index < -0.39 is 10.0 Å². The smallest absolute Gasteiger partial charge is 0.264 e. The number of amides is 1. The fourth-order valence-electron chi connectivity index (χ4n) is 4.51. The maximum absolute atomic E-state index is 13.4. The number of benzene rings is 3. The quantitative estimate of drug-likeness (QED) is 0.358. The van der Waals surface area contributed by atoms with Crippen molar-refractivity contribution in [3.8, 4) is 11.3 Å². The van der Waals surface area contributed by atoms with Crippen molar-refractivity contribution < 1.29 is 13.2 Å². The molecule has 0 radical (unpaired) electrons. The van der Waals surface area contributed by atoms with E-state index in [0.29, 0.717) is 28.7 Å². The Labute approximate surface area is 215 Å². The van der Waals surface area contributed by atoms with Crippen LogP contribution in [0.25, 0.3) is 11.3 Å². The zero-order chi connectivity index (χ0) is 25.4. The lowest BCUT2D eigenvalue weighted by Gasteiger charge is -2.21. The number of rotatable bonds is 6. The van der Waals surface area contributed by atoms with Crippen molar-refractivity contribution >= 4 is 38.1 Å². The Bertz CT molecular complexity index is 1560. The first-order valence-corrected chi connectivity index (χ1v) is 14.0. The minimum atomic E-state index is -3.63. The van der Waals surface area contributed by atoms with E-state index in [4.69, 9.17) is 0 Å². The number of carbonyl (C=O) groups excluding carboxylic acids is 1. The summed E-state index contributed by atoms with van der Waals surface area (Å²) in [7, 11) is -3.63. The van der Waals surface area contributed by atoms with Gasteiger partial charge in [0.2, 0.25) is 5.91 Å². The highest BCUT2D eigenvalue weighted by atomic mass is 32.2. The summed E-state index contributed by atoms with van der Waals surface area (Å²) in [5, 5.41) is 3.48. The number of sulfonamides is 1. The second kappa shape index (κ2) is 9.52. The van der Waals surface area contributed by atoms with Crippen LogP contribution in [0.5, 0.6) is 0 Å². The normalized spacial score (nSPS) is 13.0. The highest BCUT2D eigenvalue weighted by Crippen LogP contribution is 2.38. The molecule has 36 heavy (non-hydrogen) atoms. The van der Waals surface area contributed by atoms with Crippen LogP contribution < -0.4 is 9.62 Å². The maximum Gasteiger partial charge on any atom is 0.264 e. The number of carbonyl (C=O) groups is 1. The van der Waals surface area contributed by atoms with Crippen LogP contribution in [-0.4, -0.2) is 25.9 Å². The molecule has 1 amide bonds. The molecular formula is C28H27N3O3S2. The third-order valence-electron chi connectivity index (χ3n) is 6.40. The fourth-order valence-corrected chi connectivity index (χ4v) is 7.09. The number of aromatic nitrogens is 1. The predicted octanol–water partition coefficient (Wildman–Crippen LogP) is 5.67. The number of thiazole rings is 1. The summed E-state index contributed by atoms with van der Waals surface area (Å²) in [5.41, 5.74) is 6.24. The van der Waals surface area contributed by atoms with Crippen LogP contribution in [0, 0.1) is 20.8 Å². The van der Waals surface area contributed by atoms with Gasteiger partial charge in [0.05, 0.1) is 22.7 Å². The molecule has 3 aromatic carbocycles. The molecule has 0 spiro atoms. The monoisotopic (exact) mass is 517 g/mol. The zero-order valence-electron chi connectivity index (χ0n) is 20.4. The minimum Gasteiger partial charge on any atom is -0.302 e. The third-order valence-corrected chi connectivity index (χ3v) is 9.26. The van der Waals surface area contributed by atoms with E-state index in [1.54, 1.807) is 12.1 Å². The van der Waals surface area contributed by atoms with Crippen LogP contribution in [0.3, 0.4) is 0 Å². The Morgan fingerprint density at radius 2 is 1.78 bits per heavy atom. The van der Waals surface area contributed by atoms with Crippen molar-refractivity contribution in [2.45, 2.75) is 38.5 Å². The van der Waals surface area contributed by atoms with Crippen LogP contribution in [0.4, 0.5) is 10.8 Å². The topological polar surface area (TPSA) is 79.4 Å². The Kier molecular flexibility index (Phi) is 6.40. The summed E-state index contributed by atoms with van der Waals surface area (Å²) in [5.74, 6) is -0.106. The first-order valence-electron chi connectivity index (χ1n) is 11.8. The molecule has 0 bridgehead atoms. The van der Waals surface area contributed by atoms with Crippen molar-refractivity contribution in [1.82, 2.24) is 4.98 Å². The largest absolute Gasteiger partial charge is 0.302 e. The predicted molar refractivity (Wildman–Crippen MR) is 145 cm³/mol. The number of hydrogen-bond donors (Lipinski definition) is 1. The van der Waals surface area contributed by atoms with Crippen LogP contribution in [0.2, 0.25) is 0 Å². The number of hydrogen-bond acceptors (Lipinski definition) is 5. The van der Waals surface area contributed by atoms with Crippen molar-refractivity contribution in [3.05, 3.63) is 93.9 Å². The lowest BCUT2D eigenvalue weighted by Crippen LogP contribution is -2.29. The van der Waals surface area contributed by atoms with Gasteiger partial charge in [0.1, 0.15) is 0 Å². The molecule has 5 rings (SSSR count). The zero-order valence-corrected chi connectivity index (χ0v) is 22.0. The molecular weight excluding hydrogens is 490 g/mol. The summed E-state index contributed by atoms with van der Waals surface area (Å²) >= 11 is 1.44. The van der Waals surface area contributed by atoms with E-state index in [1.807, 2.05) is 75.4 Å². The van der Waals surface area contributed by atoms with Crippen LogP contribution in [-0.2, 0) is 27.7 Å². The van der Waals surface area contributed by atoms with E-state index in [9.17, 15) is 13.2 Å². The number of aryl methyl sites for hydroxylation is 3. The molecule has 6 nitrogen and oxygen atoms in total. The van der Waals surface area contributed by atoms with Gasteiger partial charge in [0.15, 0.2) is 5.13 Å². The molecule has 0 unspecified atom stereocenters. The van der Waals surface area contributed by atoms with E-state index >= 15 is 0 Å². The van der Waals surface area contributed by atoms with Gasteiger partial charge in [0, 0.05) is 17.0 Å². The second-order valence-corrected chi connectivity index (χ2v) is 12.1. The van der Waals surface area contributed by atoms with Gasteiger partial charge >= 0.3 is 0 Å². The summed E-state index contributed by atoms with van der Waals surface area (Å²) in [4.78, 5) is 18.5. The SMILES string of the molecule is Cc1ccc(CC(=O)Nc2nc(-c3ccc4c(c3)CCN4S(=O)(=O)c3ccccc3C)c(C)s2)cc1. The molecule has 184 valence electrons. The molecule has 0 aliphatic carbocycles. The van der Waals surface area contributed by atoms with Gasteiger partial charge in [-0.15, -0.1) is 11.3 Å². The fraction of sp³-hybridized carbons (Fsp3) is 0.214. The van der Waals surface area contributed by atoms with E-state index in [2.05, 4.69) is 10.3 Å². The molecule has 1 aliphatic rings. The lowest BCUT2D eigenvalue weighted by molar-refractivity contribution is -0.115. The average Bonchev–Trinajstić information content (AvgIpc) is 3.43. The molecule has 8 heteroatoms. The van der Waals surface area contributed by atoms with Gasteiger partial charge in [-0.1, -0.05) is 54.1 Å². The first-order chi connectivity index (χ1) is 17.2. The standard InChI is InChI=1S/C28H27N3O3S2/c1-18-8-10-21(11-9-18)16-26(32)29-28-30-27(20(3)35-28)23-12-13-24-22(17-23)14-15-31(24)36(33,34)25-7-5-4-6-19(25)2/h4-13,17H,14-16H2,1-3H3,(H,29,30,32). The lowest BCUT2D eigenvalue weighted by atomic mass is 10.1. The number of anilines is 2. The van der Waals surface area contributed by atoms with Crippen molar-refractivity contribution in [1.29, 1.82) is 0 Å². The van der Waals surface area contributed by atoms with Crippen LogP contribution in [0.15, 0.2) is 71.6 Å². The molecule has 0 saturated heterocycles. The van der Waals surface area contributed by atoms with Crippen LogP contribution in [0.1, 0.15) is 27.1 Å². The highest BCUT2D eigenvalue weighted by Gasteiger charge is 2.32. The average molecular weight is 518 g/mol. The van der Waals surface area contributed by atoms with Gasteiger partial charge < -0.3 is 5.32 Å². The van der Waals surface area contributed by atoms with Gasteiger partial charge in [-0.3, -0.25) is 9.10 Å². The van der Waals surface area contributed by atoms with Crippen molar-refractivity contribution in [2.24, 2.45) is 0 Å². The van der Waals surface area contributed by atoms with Gasteiger partial charge in [-0.2, -0.15) is 0 Å². The molecule has 0 atom stereocenters. The molecule has 0 saturated carbocycles. The Balaban J connectivity index is 1.36. The van der Waals surface area contributed by atoms with Gasteiger partial charge in [-0.05, 0) is 62.1 Å². The second-order valence-electron chi connectivity index (χ2n) is 9.07. The van der Waals surface area contributed by atoms with E-state index in [1.165, 1.54) is 15.6 Å².